The number of aromatic nitrogens is 3. The first-order chi connectivity index (χ1) is 16.3. The number of nitrogens with zero attached hydrogens (tertiary/aromatic N) is 3. The van der Waals surface area contributed by atoms with E-state index in [9.17, 15) is 8.42 Å². The molecule has 10 heteroatoms. The van der Waals surface area contributed by atoms with E-state index < -0.39 is 10.0 Å². The number of hydrogen-bond donors (Lipinski definition) is 3. The predicted octanol–water partition coefficient (Wildman–Crippen LogP) is 4.40. The summed E-state index contributed by atoms with van der Waals surface area (Å²) >= 11 is 3.45. The lowest BCUT2D eigenvalue weighted by Gasteiger charge is -2.10. The van der Waals surface area contributed by atoms with Gasteiger partial charge >= 0.3 is 0 Å². The highest BCUT2D eigenvalue weighted by Gasteiger charge is 2.20. The van der Waals surface area contributed by atoms with Crippen molar-refractivity contribution in [2.45, 2.75) is 11.3 Å². The van der Waals surface area contributed by atoms with E-state index >= 15 is 0 Å². The minimum atomic E-state index is -3.71. The number of halogens is 1. The molecular formula is C24H21BrN6O2S. The smallest absolute Gasteiger partial charge is 0.268 e. The lowest BCUT2D eigenvalue weighted by molar-refractivity contribution is 0.589. The maximum absolute atomic E-state index is 13.2. The molecule has 5 aromatic rings. The Kier molecular flexibility index (Phi) is 5.62. The molecule has 2 heterocycles. The van der Waals surface area contributed by atoms with Gasteiger partial charge in [-0.1, -0.05) is 30.3 Å². The molecule has 172 valence electrons. The zero-order chi connectivity index (χ0) is 23.9. The fourth-order valence-corrected chi connectivity index (χ4v) is 5.93. The fraction of sp³-hybridized carbons (Fsp3) is 0.0833. The molecule has 0 spiro atoms. The molecular weight excluding hydrogens is 516 g/mol. The van der Waals surface area contributed by atoms with Crippen LogP contribution in [0.3, 0.4) is 0 Å². The monoisotopic (exact) mass is 536 g/mol. The molecule has 5 N–H and O–H groups in total. The van der Waals surface area contributed by atoms with Gasteiger partial charge in [0.1, 0.15) is 5.82 Å². The van der Waals surface area contributed by atoms with E-state index in [0.29, 0.717) is 29.8 Å². The van der Waals surface area contributed by atoms with E-state index in [0.717, 1.165) is 26.5 Å². The van der Waals surface area contributed by atoms with Crippen molar-refractivity contribution in [1.82, 2.24) is 13.9 Å². The maximum Gasteiger partial charge on any atom is 0.268 e. The average Bonchev–Trinajstić information content (AvgIpc) is 3.17. The number of nitrogen functional groups attached to an aromatic ring is 2. The van der Waals surface area contributed by atoms with Crippen LogP contribution in [0.15, 0.2) is 82.3 Å². The van der Waals surface area contributed by atoms with Crippen molar-refractivity contribution in [3.63, 3.8) is 0 Å². The molecule has 0 unspecified atom stereocenters. The molecule has 0 saturated heterocycles. The second-order valence-corrected chi connectivity index (χ2v) is 10.5. The van der Waals surface area contributed by atoms with Gasteiger partial charge in [-0.25, -0.2) is 17.4 Å². The highest BCUT2D eigenvalue weighted by Crippen LogP contribution is 2.29. The average molecular weight is 537 g/mol. The van der Waals surface area contributed by atoms with Crippen LogP contribution in [0.5, 0.6) is 0 Å². The van der Waals surface area contributed by atoms with Crippen LogP contribution in [-0.2, 0) is 16.4 Å². The molecule has 0 aliphatic rings. The molecule has 0 aliphatic carbocycles. The summed E-state index contributed by atoms with van der Waals surface area (Å²) in [5, 5.41) is 4.93. The molecule has 8 nitrogen and oxygen atoms in total. The zero-order valence-electron chi connectivity index (χ0n) is 17.9. The first kappa shape index (κ1) is 22.2. The molecule has 0 fully saturated rings. The van der Waals surface area contributed by atoms with Crippen LogP contribution in [0.2, 0.25) is 0 Å². The minimum absolute atomic E-state index is 0.147. The predicted molar refractivity (Wildman–Crippen MR) is 139 cm³/mol. The van der Waals surface area contributed by atoms with Crippen molar-refractivity contribution in [1.29, 1.82) is 0 Å². The largest absolute Gasteiger partial charge is 0.385 e. The Morgan fingerprint density at radius 1 is 0.941 bits per heavy atom. The Hall–Kier alpha value is -3.63. The van der Waals surface area contributed by atoms with Crippen molar-refractivity contribution < 1.29 is 8.42 Å². The molecule has 3 aromatic carbocycles. The summed E-state index contributed by atoms with van der Waals surface area (Å²) in [7, 11) is -3.71. The normalized spacial score (nSPS) is 11.8. The summed E-state index contributed by atoms with van der Waals surface area (Å²) in [5.74, 6) is 0.485. The fourth-order valence-electron chi connectivity index (χ4n) is 3.88. The van der Waals surface area contributed by atoms with Gasteiger partial charge in [0.25, 0.3) is 10.0 Å². The molecule has 2 aromatic heterocycles. The molecule has 0 radical (unpaired) electrons. The van der Waals surface area contributed by atoms with E-state index in [1.54, 1.807) is 24.4 Å². The quantitative estimate of drug-likeness (QED) is 0.293. The summed E-state index contributed by atoms with van der Waals surface area (Å²) in [5.41, 5.74) is 14.8. The second-order valence-electron chi connectivity index (χ2n) is 7.81. The lowest BCUT2D eigenvalue weighted by Crippen LogP contribution is -2.12. The molecule has 0 atom stereocenters. The van der Waals surface area contributed by atoms with Gasteiger partial charge in [-0.05, 0) is 64.3 Å². The molecule has 0 amide bonds. The number of hydrogen-bond acceptors (Lipinski definition) is 7. The Balaban J connectivity index is 1.29. The van der Waals surface area contributed by atoms with Crippen molar-refractivity contribution in [2.75, 3.05) is 23.3 Å². The van der Waals surface area contributed by atoms with E-state index in [-0.39, 0.29) is 10.8 Å². The van der Waals surface area contributed by atoms with Crippen LogP contribution in [-0.4, -0.2) is 28.9 Å². The second kappa shape index (κ2) is 8.62. The highest BCUT2D eigenvalue weighted by molar-refractivity contribution is 9.10. The summed E-state index contributed by atoms with van der Waals surface area (Å²) < 4.78 is 28.5. The molecule has 0 aliphatic heterocycles. The van der Waals surface area contributed by atoms with Crippen molar-refractivity contribution >= 4 is 65.2 Å². The van der Waals surface area contributed by atoms with E-state index in [2.05, 4.69) is 31.2 Å². The van der Waals surface area contributed by atoms with Crippen LogP contribution in [0.25, 0.3) is 21.8 Å². The number of nitrogens with two attached hydrogens (primary N) is 2. The lowest BCUT2D eigenvalue weighted by atomic mass is 10.1. The zero-order valence-corrected chi connectivity index (χ0v) is 20.3. The Morgan fingerprint density at radius 2 is 1.71 bits per heavy atom. The third-order valence-corrected chi connectivity index (χ3v) is 7.91. The van der Waals surface area contributed by atoms with Gasteiger partial charge in [-0.3, -0.25) is 0 Å². The van der Waals surface area contributed by atoms with Crippen LogP contribution in [0, 0.1) is 0 Å². The van der Waals surface area contributed by atoms with Crippen LogP contribution < -0.4 is 16.8 Å². The first-order valence-electron chi connectivity index (χ1n) is 10.5. The standard InChI is InChI=1S/C24H21BrN6O2S/c25-20-14-31(22-4-2-1-3-18(20)22)34(32,33)17-8-5-15(6-9-17)11-12-28-16-7-10-21-19(13-16)23(26)30-24(27)29-21/h1-10,13-14,28H,11-12H2,(H4,26,27,29,30). The number of fused-ring (bicyclic) bond motifs is 2. The SMILES string of the molecule is Nc1nc(N)c2cc(NCCc3ccc(S(=O)(=O)n4cc(Br)c5ccccc54)cc3)ccc2n1. The van der Waals surface area contributed by atoms with Gasteiger partial charge in [0.2, 0.25) is 5.95 Å². The Labute approximate surface area is 204 Å². The molecule has 34 heavy (non-hydrogen) atoms. The number of rotatable bonds is 6. The minimum Gasteiger partial charge on any atom is -0.385 e. The molecule has 5 rings (SSSR count). The Morgan fingerprint density at radius 3 is 2.50 bits per heavy atom. The number of anilines is 3. The van der Waals surface area contributed by atoms with E-state index in [1.165, 1.54) is 3.97 Å². The van der Waals surface area contributed by atoms with E-state index in [4.69, 9.17) is 11.5 Å². The highest BCUT2D eigenvalue weighted by atomic mass is 79.9. The van der Waals surface area contributed by atoms with Gasteiger partial charge < -0.3 is 16.8 Å². The van der Waals surface area contributed by atoms with Gasteiger partial charge in [0.05, 0.1) is 15.9 Å². The van der Waals surface area contributed by atoms with Crippen molar-refractivity contribution in [2.24, 2.45) is 0 Å². The Bertz CT molecular complexity index is 1630. The molecule has 0 saturated carbocycles. The van der Waals surface area contributed by atoms with Crippen molar-refractivity contribution in [3.8, 4) is 0 Å². The molecule has 0 bridgehead atoms. The van der Waals surface area contributed by atoms with Crippen molar-refractivity contribution in [3.05, 3.63) is 83.0 Å². The topological polar surface area (TPSA) is 129 Å². The summed E-state index contributed by atoms with van der Waals surface area (Å²) in [6.45, 7) is 0.655. The van der Waals surface area contributed by atoms with E-state index in [1.807, 2.05) is 48.5 Å². The van der Waals surface area contributed by atoms with Gasteiger partial charge in [0, 0.05) is 33.7 Å². The first-order valence-corrected chi connectivity index (χ1v) is 12.7. The van der Waals surface area contributed by atoms with Crippen LogP contribution in [0.1, 0.15) is 5.56 Å². The number of nitrogens with one attached hydrogen (secondary N) is 1. The van der Waals surface area contributed by atoms with Crippen LogP contribution in [0.4, 0.5) is 17.5 Å². The van der Waals surface area contributed by atoms with Gasteiger partial charge in [-0.2, -0.15) is 4.98 Å². The van der Waals surface area contributed by atoms with Gasteiger partial charge in [0.15, 0.2) is 0 Å². The summed E-state index contributed by atoms with van der Waals surface area (Å²) in [4.78, 5) is 8.42. The van der Waals surface area contributed by atoms with Crippen LogP contribution >= 0.6 is 15.9 Å². The summed E-state index contributed by atoms with van der Waals surface area (Å²) in [6, 6.07) is 20.0. The maximum atomic E-state index is 13.2. The third-order valence-electron chi connectivity index (χ3n) is 5.59. The third kappa shape index (κ3) is 4.06. The van der Waals surface area contributed by atoms with Gasteiger partial charge in [-0.15, -0.1) is 0 Å². The number of para-hydroxylation sites is 1. The summed E-state index contributed by atoms with van der Waals surface area (Å²) in [6.07, 6.45) is 2.30. The number of benzene rings is 3.